The van der Waals surface area contributed by atoms with Crippen molar-refractivity contribution in [2.45, 2.75) is 20.3 Å². The van der Waals surface area contributed by atoms with E-state index in [9.17, 15) is 9.59 Å². The lowest BCUT2D eigenvalue weighted by atomic mass is 10.0. The zero-order valence-corrected chi connectivity index (χ0v) is 10.9. The van der Waals surface area contributed by atoms with E-state index >= 15 is 0 Å². The Balaban J connectivity index is 3.01. The Morgan fingerprint density at radius 3 is 2.62 bits per heavy atom. The van der Waals surface area contributed by atoms with Gasteiger partial charge in [0.15, 0.2) is 5.78 Å². The number of hydrogen-bond donors (Lipinski definition) is 1. The van der Waals surface area contributed by atoms with Crippen molar-refractivity contribution in [1.29, 1.82) is 0 Å². The molecule has 0 fully saturated rings. The van der Waals surface area contributed by atoms with Gasteiger partial charge in [0.1, 0.15) is 0 Å². The van der Waals surface area contributed by atoms with Gasteiger partial charge in [-0.2, -0.15) is 0 Å². The summed E-state index contributed by atoms with van der Waals surface area (Å²) in [7, 11) is 0. The molecule has 86 valence electrons. The van der Waals surface area contributed by atoms with Crippen LogP contribution < -0.4 is 5.32 Å². The fourth-order valence-electron chi connectivity index (χ4n) is 1.41. The van der Waals surface area contributed by atoms with Crippen LogP contribution in [-0.4, -0.2) is 17.0 Å². The largest absolute Gasteiger partial charge is 0.325 e. The van der Waals surface area contributed by atoms with Crippen LogP contribution in [0.2, 0.25) is 0 Å². The first-order valence-corrected chi connectivity index (χ1v) is 6.14. The number of amides is 1. The summed E-state index contributed by atoms with van der Waals surface area (Å²) < 4.78 is 0. The average molecular weight is 284 g/mol. The van der Waals surface area contributed by atoms with Crippen molar-refractivity contribution in [3.8, 4) is 0 Å². The van der Waals surface area contributed by atoms with Crippen LogP contribution in [0.5, 0.6) is 0 Å². The van der Waals surface area contributed by atoms with Gasteiger partial charge in [0.25, 0.3) is 0 Å². The molecule has 1 aromatic rings. The van der Waals surface area contributed by atoms with Crippen LogP contribution in [0.25, 0.3) is 0 Å². The molecule has 0 aliphatic rings. The van der Waals surface area contributed by atoms with Crippen molar-refractivity contribution in [2.24, 2.45) is 0 Å². The highest BCUT2D eigenvalue weighted by Gasteiger charge is 2.11. The molecule has 0 spiro atoms. The van der Waals surface area contributed by atoms with Crippen LogP contribution in [0.3, 0.4) is 0 Å². The quantitative estimate of drug-likeness (QED) is 0.682. The van der Waals surface area contributed by atoms with E-state index in [2.05, 4.69) is 21.2 Å². The zero-order chi connectivity index (χ0) is 12.1. The number of Topliss-reactive ketones (excluding diaryl/α,β-unsaturated/α-hetero) is 1. The number of aryl methyl sites for hydroxylation is 1. The lowest BCUT2D eigenvalue weighted by Gasteiger charge is -2.11. The number of anilines is 1. The van der Waals surface area contributed by atoms with Gasteiger partial charge in [-0.25, -0.2) is 0 Å². The minimum atomic E-state index is -0.0892. The van der Waals surface area contributed by atoms with E-state index in [1.807, 2.05) is 19.1 Å². The van der Waals surface area contributed by atoms with Gasteiger partial charge >= 0.3 is 0 Å². The molecule has 0 bridgehead atoms. The molecule has 0 aliphatic heterocycles. The Labute approximate surface area is 103 Å². The van der Waals surface area contributed by atoms with Gasteiger partial charge < -0.3 is 5.32 Å². The summed E-state index contributed by atoms with van der Waals surface area (Å²) in [5.41, 5.74) is 2.08. The van der Waals surface area contributed by atoms with Crippen molar-refractivity contribution in [3.05, 3.63) is 29.3 Å². The van der Waals surface area contributed by atoms with Crippen molar-refractivity contribution in [1.82, 2.24) is 0 Å². The first-order chi connectivity index (χ1) is 7.56. The molecule has 16 heavy (non-hydrogen) atoms. The van der Waals surface area contributed by atoms with Gasteiger partial charge in [-0.1, -0.05) is 28.1 Å². The minimum absolute atomic E-state index is 0.0437. The SMILES string of the molecule is CC(=O)c1cccc(C)c1NC(=O)CCBr. The molecule has 0 unspecified atom stereocenters. The number of para-hydroxylation sites is 1. The number of benzene rings is 1. The number of halogens is 1. The number of alkyl halides is 1. The van der Waals surface area contributed by atoms with E-state index < -0.39 is 0 Å². The molecular weight excluding hydrogens is 270 g/mol. The fourth-order valence-corrected chi connectivity index (χ4v) is 1.77. The summed E-state index contributed by atoms with van der Waals surface area (Å²) in [6.45, 7) is 3.37. The third-order valence-corrected chi connectivity index (χ3v) is 2.63. The maximum atomic E-state index is 11.5. The molecule has 0 heterocycles. The average Bonchev–Trinajstić information content (AvgIpc) is 2.21. The summed E-state index contributed by atoms with van der Waals surface area (Å²) in [4.78, 5) is 22.9. The molecule has 3 nitrogen and oxygen atoms in total. The second-order valence-corrected chi connectivity index (χ2v) is 4.33. The second-order valence-electron chi connectivity index (χ2n) is 3.54. The van der Waals surface area contributed by atoms with Crippen LogP contribution in [-0.2, 0) is 4.79 Å². The van der Waals surface area contributed by atoms with Crippen LogP contribution in [0.1, 0.15) is 29.3 Å². The Morgan fingerprint density at radius 1 is 1.38 bits per heavy atom. The lowest BCUT2D eigenvalue weighted by Crippen LogP contribution is -2.15. The Kier molecular flexibility index (Phi) is 4.68. The van der Waals surface area contributed by atoms with Crippen LogP contribution in [0.15, 0.2) is 18.2 Å². The molecule has 0 saturated heterocycles. The highest BCUT2D eigenvalue weighted by Crippen LogP contribution is 2.21. The van der Waals surface area contributed by atoms with Gasteiger partial charge in [0.2, 0.25) is 5.91 Å². The molecular formula is C12H14BrNO2. The van der Waals surface area contributed by atoms with Crippen LogP contribution >= 0.6 is 15.9 Å². The molecule has 0 radical (unpaired) electrons. The summed E-state index contributed by atoms with van der Waals surface area (Å²) >= 11 is 3.20. The highest BCUT2D eigenvalue weighted by atomic mass is 79.9. The monoisotopic (exact) mass is 283 g/mol. The van der Waals surface area contributed by atoms with E-state index in [0.717, 1.165) is 5.56 Å². The van der Waals surface area contributed by atoms with Crippen molar-refractivity contribution < 1.29 is 9.59 Å². The Hall–Kier alpha value is -1.16. The van der Waals surface area contributed by atoms with E-state index in [1.165, 1.54) is 6.92 Å². The minimum Gasteiger partial charge on any atom is -0.325 e. The van der Waals surface area contributed by atoms with Crippen molar-refractivity contribution >= 4 is 33.3 Å². The summed E-state index contributed by atoms with van der Waals surface area (Å²) in [6, 6.07) is 5.40. The van der Waals surface area contributed by atoms with Gasteiger partial charge in [-0.3, -0.25) is 9.59 Å². The van der Waals surface area contributed by atoms with Crippen LogP contribution in [0, 0.1) is 6.92 Å². The van der Waals surface area contributed by atoms with E-state index in [0.29, 0.717) is 23.0 Å². The maximum absolute atomic E-state index is 11.5. The lowest BCUT2D eigenvalue weighted by molar-refractivity contribution is -0.115. The van der Waals surface area contributed by atoms with Crippen LogP contribution in [0.4, 0.5) is 5.69 Å². The second kappa shape index (κ2) is 5.80. The predicted molar refractivity (Wildman–Crippen MR) is 68.2 cm³/mol. The van der Waals surface area contributed by atoms with E-state index in [-0.39, 0.29) is 11.7 Å². The number of rotatable bonds is 4. The first-order valence-electron chi connectivity index (χ1n) is 5.02. The molecule has 0 aliphatic carbocycles. The molecule has 4 heteroatoms. The molecule has 0 saturated carbocycles. The number of ketones is 1. The maximum Gasteiger partial charge on any atom is 0.225 e. The van der Waals surface area contributed by atoms with Gasteiger partial charge in [-0.15, -0.1) is 0 Å². The molecule has 1 N–H and O–H groups in total. The standard InChI is InChI=1S/C12H14BrNO2/c1-8-4-3-5-10(9(2)15)12(8)14-11(16)6-7-13/h3-5H,6-7H2,1-2H3,(H,14,16). The number of nitrogens with one attached hydrogen (secondary N) is 1. The van der Waals surface area contributed by atoms with Crippen molar-refractivity contribution in [2.75, 3.05) is 10.6 Å². The summed E-state index contributed by atoms with van der Waals surface area (Å²) in [5.74, 6) is -0.133. The third kappa shape index (κ3) is 3.17. The number of hydrogen-bond acceptors (Lipinski definition) is 2. The topological polar surface area (TPSA) is 46.2 Å². The number of carbonyl (C=O) groups is 2. The predicted octanol–water partition coefficient (Wildman–Crippen LogP) is 2.92. The molecule has 1 rings (SSSR count). The number of carbonyl (C=O) groups excluding carboxylic acids is 2. The van der Waals surface area contributed by atoms with Gasteiger partial charge in [-0.05, 0) is 25.5 Å². The molecule has 0 atom stereocenters. The summed E-state index contributed by atoms with van der Waals surface area (Å²) in [5, 5.41) is 3.38. The Bertz CT molecular complexity index is 415. The highest BCUT2D eigenvalue weighted by molar-refractivity contribution is 9.09. The molecule has 1 amide bonds. The fraction of sp³-hybridized carbons (Fsp3) is 0.333. The molecule has 0 aromatic heterocycles. The van der Waals surface area contributed by atoms with Crippen molar-refractivity contribution in [3.63, 3.8) is 0 Å². The molecule has 1 aromatic carbocycles. The van der Waals surface area contributed by atoms with Gasteiger partial charge in [0.05, 0.1) is 5.69 Å². The normalized spacial score (nSPS) is 9.94. The van der Waals surface area contributed by atoms with Gasteiger partial charge in [0, 0.05) is 17.3 Å². The zero-order valence-electron chi connectivity index (χ0n) is 9.34. The smallest absolute Gasteiger partial charge is 0.225 e. The summed E-state index contributed by atoms with van der Waals surface area (Å²) in [6.07, 6.45) is 0.395. The first kappa shape index (κ1) is 12.9. The Morgan fingerprint density at radius 2 is 2.06 bits per heavy atom. The third-order valence-electron chi connectivity index (χ3n) is 2.24. The van der Waals surface area contributed by atoms with E-state index in [1.54, 1.807) is 6.07 Å². The van der Waals surface area contributed by atoms with E-state index in [4.69, 9.17) is 0 Å².